The second-order valence-corrected chi connectivity index (χ2v) is 5.96. The van der Waals surface area contributed by atoms with Gasteiger partial charge in [0, 0.05) is 11.4 Å². The standard InChI is InChI=1S/C14H18ClNO2S/c1-11-9-18-12(7-15)8-16(11)14(17)10-19-13-5-3-2-4-6-13/h2-6,11-12H,7-10H2,1H3. The van der Waals surface area contributed by atoms with Crippen molar-refractivity contribution < 1.29 is 9.53 Å². The zero-order valence-electron chi connectivity index (χ0n) is 10.9. The van der Waals surface area contributed by atoms with E-state index in [4.69, 9.17) is 16.3 Å². The molecule has 0 radical (unpaired) electrons. The molecule has 1 aromatic carbocycles. The Kier molecular flexibility index (Phi) is 5.55. The number of benzene rings is 1. The molecule has 2 atom stereocenters. The van der Waals surface area contributed by atoms with Crippen LogP contribution < -0.4 is 0 Å². The van der Waals surface area contributed by atoms with Crippen molar-refractivity contribution in [3.05, 3.63) is 30.3 Å². The first-order chi connectivity index (χ1) is 9.20. The molecule has 0 aromatic heterocycles. The Labute approximate surface area is 123 Å². The van der Waals surface area contributed by atoms with Crippen molar-refractivity contribution in [2.24, 2.45) is 0 Å². The van der Waals surface area contributed by atoms with Crippen LogP contribution in [0.4, 0.5) is 0 Å². The summed E-state index contributed by atoms with van der Waals surface area (Å²) in [6, 6.07) is 10.1. The Morgan fingerprint density at radius 1 is 1.47 bits per heavy atom. The van der Waals surface area contributed by atoms with Crippen LogP contribution in [-0.2, 0) is 9.53 Å². The highest BCUT2D eigenvalue weighted by Gasteiger charge is 2.28. The number of amides is 1. The highest BCUT2D eigenvalue weighted by molar-refractivity contribution is 8.00. The zero-order chi connectivity index (χ0) is 13.7. The Balaban J connectivity index is 1.88. The number of carbonyl (C=O) groups is 1. The molecule has 1 aliphatic heterocycles. The predicted molar refractivity (Wildman–Crippen MR) is 78.8 cm³/mol. The van der Waals surface area contributed by atoms with Gasteiger partial charge >= 0.3 is 0 Å². The maximum atomic E-state index is 12.2. The Morgan fingerprint density at radius 3 is 2.89 bits per heavy atom. The van der Waals surface area contributed by atoms with E-state index in [-0.39, 0.29) is 18.1 Å². The summed E-state index contributed by atoms with van der Waals surface area (Å²) in [6.07, 6.45) is -0.0384. The third-order valence-corrected chi connectivity index (χ3v) is 4.44. The van der Waals surface area contributed by atoms with E-state index < -0.39 is 0 Å². The lowest BCUT2D eigenvalue weighted by atomic mass is 10.2. The molecule has 1 saturated heterocycles. The molecule has 0 saturated carbocycles. The van der Waals surface area contributed by atoms with Gasteiger partial charge in [0.05, 0.1) is 30.4 Å². The minimum Gasteiger partial charge on any atom is -0.373 e. The summed E-state index contributed by atoms with van der Waals surface area (Å²) in [5, 5.41) is 0. The van der Waals surface area contributed by atoms with E-state index in [9.17, 15) is 4.79 Å². The van der Waals surface area contributed by atoms with Crippen molar-refractivity contribution in [1.29, 1.82) is 0 Å². The smallest absolute Gasteiger partial charge is 0.233 e. The Bertz CT molecular complexity index is 415. The molecule has 0 aliphatic carbocycles. The van der Waals surface area contributed by atoms with E-state index in [0.29, 0.717) is 24.8 Å². The van der Waals surface area contributed by atoms with Crippen molar-refractivity contribution in [2.45, 2.75) is 24.0 Å². The largest absolute Gasteiger partial charge is 0.373 e. The molecule has 0 spiro atoms. The van der Waals surface area contributed by atoms with Gasteiger partial charge in [0.15, 0.2) is 0 Å². The van der Waals surface area contributed by atoms with E-state index in [1.54, 1.807) is 11.8 Å². The fraction of sp³-hybridized carbons (Fsp3) is 0.500. The molecule has 0 N–H and O–H groups in total. The van der Waals surface area contributed by atoms with E-state index in [0.717, 1.165) is 4.90 Å². The van der Waals surface area contributed by atoms with Gasteiger partial charge < -0.3 is 9.64 Å². The average molecular weight is 300 g/mol. The average Bonchev–Trinajstić information content (AvgIpc) is 2.46. The number of ether oxygens (including phenoxy) is 1. The molecule has 1 fully saturated rings. The highest BCUT2D eigenvalue weighted by atomic mass is 35.5. The van der Waals surface area contributed by atoms with E-state index in [1.165, 1.54) is 0 Å². The molecular weight excluding hydrogens is 282 g/mol. The van der Waals surface area contributed by atoms with Gasteiger partial charge in [-0.25, -0.2) is 0 Å². The third kappa shape index (κ3) is 4.13. The molecule has 2 rings (SSSR count). The lowest BCUT2D eigenvalue weighted by Crippen LogP contribution is -2.52. The molecule has 0 bridgehead atoms. The normalized spacial score (nSPS) is 23.4. The maximum Gasteiger partial charge on any atom is 0.233 e. The van der Waals surface area contributed by atoms with E-state index in [2.05, 4.69) is 0 Å². The molecular formula is C14H18ClNO2S. The second-order valence-electron chi connectivity index (χ2n) is 4.61. The van der Waals surface area contributed by atoms with Gasteiger partial charge in [0.25, 0.3) is 0 Å². The van der Waals surface area contributed by atoms with Crippen LogP contribution >= 0.6 is 23.4 Å². The van der Waals surface area contributed by atoms with Crippen LogP contribution in [0.15, 0.2) is 35.2 Å². The lowest BCUT2D eigenvalue weighted by molar-refractivity contribution is -0.140. The van der Waals surface area contributed by atoms with Crippen molar-refractivity contribution in [3.63, 3.8) is 0 Å². The minimum absolute atomic E-state index is 0.0384. The number of hydrogen-bond acceptors (Lipinski definition) is 3. The molecule has 3 nitrogen and oxygen atoms in total. The maximum absolute atomic E-state index is 12.2. The van der Waals surface area contributed by atoms with Gasteiger partial charge in [0.2, 0.25) is 5.91 Å². The summed E-state index contributed by atoms with van der Waals surface area (Å²) in [5.74, 6) is 1.05. The monoisotopic (exact) mass is 299 g/mol. The lowest BCUT2D eigenvalue weighted by Gasteiger charge is -2.37. The molecule has 5 heteroatoms. The highest BCUT2D eigenvalue weighted by Crippen LogP contribution is 2.20. The van der Waals surface area contributed by atoms with Gasteiger partial charge in [-0.3, -0.25) is 4.79 Å². The van der Waals surface area contributed by atoms with Crippen LogP contribution in [0, 0.1) is 0 Å². The van der Waals surface area contributed by atoms with Gasteiger partial charge in [0.1, 0.15) is 0 Å². The summed E-state index contributed by atoms with van der Waals surface area (Å²) < 4.78 is 5.55. The van der Waals surface area contributed by atoms with Crippen molar-refractivity contribution >= 4 is 29.3 Å². The number of morpholine rings is 1. The van der Waals surface area contributed by atoms with Gasteiger partial charge in [-0.1, -0.05) is 18.2 Å². The molecule has 1 aliphatic rings. The molecule has 1 heterocycles. The van der Waals surface area contributed by atoms with Crippen molar-refractivity contribution in [2.75, 3.05) is 24.8 Å². The minimum atomic E-state index is -0.0384. The second kappa shape index (κ2) is 7.17. The van der Waals surface area contributed by atoms with E-state index in [1.807, 2.05) is 42.2 Å². The summed E-state index contributed by atoms with van der Waals surface area (Å²) in [4.78, 5) is 15.2. The SMILES string of the molecule is CC1COC(CCl)CN1C(=O)CSc1ccccc1. The van der Waals surface area contributed by atoms with Crippen LogP contribution in [0.1, 0.15) is 6.92 Å². The van der Waals surface area contributed by atoms with Crippen LogP contribution in [-0.4, -0.2) is 47.7 Å². The fourth-order valence-corrected chi connectivity index (χ4v) is 3.00. The Morgan fingerprint density at radius 2 is 2.21 bits per heavy atom. The number of alkyl halides is 1. The number of carbonyl (C=O) groups excluding carboxylic acids is 1. The number of rotatable bonds is 4. The van der Waals surface area contributed by atoms with Gasteiger partial charge in [-0.15, -0.1) is 23.4 Å². The van der Waals surface area contributed by atoms with Gasteiger partial charge in [-0.2, -0.15) is 0 Å². The van der Waals surface area contributed by atoms with Crippen molar-refractivity contribution in [1.82, 2.24) is 4.90 Å². The summed E-state index contributed by atoms with van der Waals surface area (Å²) in [7, 11) is 0. The summed E-state index contributed by atoms with van der Waals surface area (Å²) in [5.41, 5.74) is 0. The number of hydrogen-bond donors (Lipinski definition) is 0. The molecule has 104 valence electrons. The Hall–Kier alpha value is -0.710. The first-order valence-electron chi connectivity index (χ1n) is 6.35. The summed E-state index contributed by atoms with van der Waals surface area (Å²) in [6.45, 7) is 3.17. The first-order valence-corrected chi connectivity index (χ1v) is 7.87. The topological polar surface area (TPSA) is 29.5 Å². The molecule has 1 aromatic rings. The molecule has 2 unspecified atom stereocenters. The molecule has 19 heavy (non-hydrogen) atoms. The number of nitrogens with zero attached hydrogens (tertiary/aromatic N) is 1. The van der Waals surface area contributed by atoms with E-state index >= 15 is 0 Å². The third-order valence-electron chi connectivity index (χ3n) is 3.10. The fourth-order valence-electron chi connectivity index (χ4n) is 2.00. The molecule has 1 amide bonds. The van der Waals surface area contributed by atoms with Crippen LogP contribution in [0.2, 0.25) is 0 Å². The van der Waals surface area contributed by atoms with Gasteiger partial charge in [-0.05, 0) is 19.1 Å². The predicted octanol–water partition coefficient (Wildman–Crippen LogP) is 2.63. The van der Waals surface area contributed by atoms with Crippen LogP contribution in [0.25, 0.3) is 0 Å². The van der Waals surface area contributed by atoms with Crippen molar-refractivity contribution in [3.8, 4) is 0 Å². The van der Waals surface area contributed by atoms with Crippen LogP contribution in [0.5, 0.6) is 0 Å². The first kappa shape index (κ1) is 14.7. The quantitative estimate of drug-likeness (QED) is 0.632. The number of halogens is 1. The summed E-state index contributed by atoms with van der Waals surface area (Å²) >= 11 is 7.37. The number of thioether (sulfide) groups is 1. The zero-order valence-corrected chi connectivity index (χ0v) is 12.5. The van der Waals surface area contributed by atoms with Crippen LogP contribution in [0.3, 0.4) is 0 Å².